The van der Waals surface area contributed by atoms with E-state index in [1.165, 1.54) is 5.56 Å². The first-order valence-electron chi connectivity index (χ1n) is 10.6. The van der Waals surface area contributed by atoms with Gasteiger partial charge in [-0.3, -0.25) is 9.89 Å². The number of aromatic amines is 1. The molecular weight excluding hydrogens is 426 g/mol. The molecule has 0 saturated carbocycles. The summed E-state index contributed by atoms with van der Waals surface area (Å²) in [6, 6.07) is 11.3. The number of rotatable bonds is 5. The van der Waals surface area contributed by atoms with Crippen LogP contribution < -0.4 is 0 Å². The highest BCUT2D eigenvalue weighted by atomic mass is 35.5. The molecule has 1 aromatic heterocycles. The number of phenolic OH excluding ortho intramolecular Hbond substituents is 1. The zero-order valence-corrected chi connectivity index (χ0v) is 19.7. The number of hydrogen-bond acceptors (Lipinski definition) is 4. The van der Waals surface area contributed by atoms with Crippen LogP contribution >= 0.6 is 11.6 Å². The predicted octanol–water partition coefficient (Wildman–Crippen LogP) is 5.23. The van der Waals surface area contributed by atoms with Crippen molar-refractivity contribution in [1.82, 2.24) is 15.1 Å². The van der Waals surface area contributed by atoms with Crippen LogP contribution in [0.15, 0.2) is 36.4 Å². The second-order valence-electron chi connectivity index (χ2n) is 9.25. The van der Waals surface area contributed by atoms with Crippen molar-refractivity contribution in [3.8, 4) is 17.0 Å². The summed E-state index contributed by atoms with van der Waals surface area (Å²) in [6.07, 6.45) is 0. The topological polar surface area (TPSA) is 78.5 Å². The molecule has 0 aliphatic carbocycles. The van der Waals surface area contributed by atoms with Gasteiger partial charge in [-0.2, -0.15) is 5.10 Å². The fourth-order valence-electron chi connectivity index (χ4n) is 4.19. The number of carbonyl (C=O) groups excluding carboxylic acids is 1. The number of fused-ring (bicyclic) bond motifs is 1. The molecule has 32 heavy (non-hydrogen) atoms. The van der Waals surface area contributed by atoms with E-state index in [2.05, 4.69) is 55.2 Å². The van der Waals surface area contributed by atoms with E-state index >= 15 is 0 Å². The quantitative estimate of drug-likeness (QED) is 0.554. The number of halogens is 1. The van der Waals surface area contributed by atoms with E-state index < -0.39 is 0 Å². The molecule has 6 nitrogen and oxygen atoms in total. The Morgan fingerprint density at radius 3 is 2.53 bits per heavy atom. The lowest BCUT2D eigenvalue weighted by Crippen LogP contribution is -2.32. The molecule has 1 amide bonds. The first-order valence-corrected chi connectivity index (χ1v) is 11.0. The fraction of sp³-hybridized carbons (Fsp3) is 0.360. The van der Waals surface area contributed by atoms with Gasteiger partial charge < -0.3 is 14.7 Å². The molecule has 2 N–H and O–H groups in total. The minimum atomic E-state index is -0.352. The van der Waals surface area contributed by atoms with Crippen molar-refractivity contribution in [2.24, 2.45) is 0 Å². The van der Waals surface area contributed by atoms with Gasteiger partial charge in [-0.1, -0.05) is 56.6 Å². The predicted molar refractivity (Wildman–Crippen MR) is 125 cm³/mol. The summed E-state index contributed by atoms with van der Waals surface area (Å²) >= 11 is 6.35. The highest BCUT2D eigenvalue weighted by molar-refractivity contribution is 6.31. The van der Waals surface area contributed by atoms with E-state index in [1.54, 1.807) is 24.1 Å². The number of phenols is 1. The Balaban J connectivity index is 1.87. The summed E-state index contributed by atoms with van der Waals surface area (Å²) in [5, 5.41) is 18.5. The van der Waals surface area contributed by atoms with Gasteiger partial charge in [-0.15, -0.1) is 0 Å². The average molecular weight is 454 g/mol. The number of nitrogens with zero attached hydrogens (tertiary/aromatic N) is 2. The maximum Gasteiger partial charge on any atom is 0.273 e. The number of amides is 1. The van der Waals surface area contributed by atoms with Crippen molar-refractivity contribution in [3.05, 3.63) is 69.4 Å². The van der Waals surface area contributed by atoms with Crippen LogP contribution in [0.2, 0.25) is 5.02 Å². The van der Waals surface area contributed by atoms with Crippen molar-refractivity contribution >= 4 is 17.5 Å². The summed E-state index contributed by atoms with van der Waals surface area (Å²) in [6.45, 7) is 9.18. The van der Waals surface area contributed by atoms with Crippen LogP contribution in [-0.4, -0.2) is 46.4 Å². The summed E-state index contributed by atoms with van der Waals surface area (Å²) in [4.78, 5) is 15.1. The smallest absolute Gasteiger partial charge is 0.273 e. The average Bonchev–Trinajstić information content (AvgIpc) is 3.27. The third-order valence-electron chi connectivity index (χ3n) is 6.02. The number of nitrogens with one attached hydrogen (secondary N) is 1. The Bertz CT molecular complexity index is 1160. The number of benzene rings is 2. The molecule has 1 atom stereocenters. The second-order valence-corrected chi connectivity index (χ2v) is 9.65. The lowest BCUT2D eigenvalue weighted by Gasteiger charge is -2.27. The van der Waals surface area contributed by atoms with Crippen LogP contribution in [0.3, 0.4) is 0 Å². The van der Waals surface area contributed by atoms with Gasteiger partial charge in [0.1, 0.15) is 17.1 Å². The number of aromatic nitrogens is 2. The molecule has 0 radical (unpaired) electrons. The van der Waals surface area contributed by atoms with Gasteiger partial charge in [0.25, 0.3) is 5.91 Å². The highest BCUT2D eigenvalue weighted by Crippen LogP contribution is 2.45. The summed E-state index contributed by atoms with van der Waals surface area (Å²) in [5.41, 5.74) is 5.17. The number of aromatic hydroxyl groups is 1. The fourth-order valence-corrected chi connectivity index (χ4v) is 4.35. The van der Waals surface area contributed by atoms with Crippen LogP contribution in [0.5, 0.6) is 5.75 Å². The molecule has 0 fully saturated rings. The minimum Gasteiger partial charge on any atom is -0.507 e. The number of H-pyrrole nitrogens is 1. The van der Waals surface area contributed by atoms with Gasteiger partial charge >= 0.3 is 0 Å². The van der Waals surface area contributed by atoms with Crippen LogP contribution in [0.25, 0.3) is 11.3 Å². The molecule has 168 valence electrons. The van der Waals surface area contributed by atoms with Gasteiger partial charge in [-0.05, 0) is 41.2 Å². The van der Waals surface area contributed by atoms with Crippen molar-refractivity contribution in [2.45, 2.75) is 39.2 Å². The van der Waals surface area contributed by atoms with E-state index in [-0.39, 0.29) is 23.1 Å². The van der Waals surface area contributed by atoms with Crippen LogP contribution in [0.4, 0.5) is 0 Å². The Morgan fingerprint density at radius 1 is 1.22 bits per heavy atom. The van der Waals surface area contributed by atoms with E-state index in [9.17, 15) is 9.90 Å². The van der Waals surface area contributed by atoms with Crippen molar-refractivity contribution in [1.29, 1.82) is 0 Å². The lowest BCUT2D eigenvalue weighted by molar-refractivity contribution is 0.0677. The summed E-state index contributed by atoms with van der Waals surface area (Å²) in [5.74, 6) is -0.0655. The van der Waals surface area contributed by atoms with Crippen LogP contribution in [-0.2, 0) is 10.2 Å². The Morgan fingerprint density at radius 2 is 1.91 bits per heavy atom. The van der Waals surface area contributed by atoms with Crippen LogP contribution in [0.1, 0.15) is 59.6 Å². The van der Waals surface area contributed by atoms with Crippen molar-refractivity contribution in [3.63, 3.8) is 0 Å². The molecule has 7 heteroatoms. The molecule has 1 aliphatic rings. The van der Waals surface area contributed by atoms with Gasteiger partial charge in [0.15, 0.2) is 0 Å². The maximum absolute atomic E-state index is 13.3. The Hall–Kier alpha value is -2.83. The number of hydrogen-bond donors (Lipinski definition) is 2. The molecular formula is C25H28ClN3O3. The molecule has 3 aromatic rings. The zero-order chi connectivity index (χ0) is 23.2. The SMILES string of the molecule is COCCN1C(=O)c2[nH]nc(-c3cc(Cl)c(C)cc3O)c2C1c1ccc(C(C)(C)C)cc1. The van der Waals surface area contributed by atoms with Crippen LogP contribution in [0, 0.1) is 6.92 Å². The monoisotopic (exact) mass is 453 g/mol. The highest BCUT2D eigenvalue weighted by Gasteiger charge is 2.42. The third kappa shape index (κ3) is 3.78. The maximum atomic E-state index is 13.3. The number of ether oxygens (including phenoxy) is 1. The Labute approximate surface area is 193 Å². The van der Waals surface area contributed by atoms with Gasteiger partial charge in [0.2, 0.25) is 0 Å². The molecule has 0 spiro atoms. The molecule has 2 aromatic carbocycles. The standard InChI is InChI=1S/C25H28ClN3O3/c1-14-12-19(30)17(13-18(14)26)21-20-22(28-27-21)24(31)29(10-11-32-5)23(20)15-6-8-16(9-7-15)25(2,3)4/h6-9,12-13,23,30H,10-11H2,1-5H3,(H,27,28). The molecule has 1 unspecified atom stereocenters. The Kier molecular flexibility index (Phi) is 5.77. The molecule has 4 rings (SSSR count). The molecule has 2 heterocycles. The summed E-state index contributed by atoms with van der Waals surface area (Å²) in [7, 11) is 1.62. The third-order valence-corrected chi connectivity index (χ3v) is 6.43. The van der Waals surface area contributed by atoms with Gasteiger partial charge in [0.05, 0.1) is 12.6 Å². The normalized spacial score (nSPS) is 16.0. The molecule has 0 bridgehead atoms. The minimum absolute atomic E-state index is 0.0240. The van der Waals surface area contributed by atoms with E-state index in [0.29, 0.717) is 35.1 Å². The first kappa shape index (κ1) is 22.4. The van der Waals surface area contributed by atoms with Crippen molar-refractivity contribution < 1.29 is 14.6 Å². The van der Waals surface area contributed by atoms with Crippen molar-refractivity contribution in [2.75, 3.05) is 20.3 Å². The number of methoxy groups -OCH3 is 1. The van der Waals surface area contributed by atoms with Gasteiger partial charge in [-0.25, -0.2) is 0 Å². The second kappa shape index (κ2) is 8.26. The molecule has 1 aliphatic heterocycles. The van der Waals surface area contributed by atoms with Gasteiger partial charge in [0, 0.05) is 29.8 Å². The summed E-state index contributed by atoms with van der Waals surface area (Å²) < 4.78 is 5.26. The van der Waals surface area contributed by atoms with E-state index in [4.69, 9.17) is 16.3 Å². The molecule has 0 saturated heterocycles. The lowest BCUT2D eigenvalue weighted by atomic mass is 9.85. The first-order chi connectivity index (χ1) is 15.1. The largest absolute Gasteiger partial charge is 0.507 e. The van der Waals surface area contributed by atoms with E-state index in [0.717, 1.165) is 16.7 Å². The number of carbonyl (C=O) groups is 1. The zero-order valence-electron chi connectivity index (χ0n) is 19.0. The number of aryl methyl sites for hydroxylation is 1. The van der Waals surface area contributed by atoms with E-state index in [1.807, 2.05) is 6.92 Å².